The zero-order valence-corrected chi connectivity index (χ0v) is 13.1. The van der Waals surface area contributed by atoms with Crippen LogP contribution >= 0.6 is 11.3 Å². The molecule has 0 radical (unpaired) electrons. The molecule has 6 heteroatoms. The molecule has 5 nitrogen and oxygen atoms in total. The highest BCUT2D eigenvalue weighted by molar-refractivity contribution is 7.08. The summed E-state index contributed by atoms with van der Waals surface area (Å²) in [5, 5.41) is 15.9. The lowest BCUT2D eigenvalue weighted by Gasteiger charge is -2.25. The number of nitrogens with zero attached hydrogens (tertiary/aromatic N) is 1. The van der Waals surface area contributed by atoms with Gasteiger partial charge in [0, 0.05) is 36.5 Å². The van der Waals surface area contributed by atoms with Crippen LogP contribution in [-0.2, 0) is 4.79 Å². The molecule has 1 aliphatic rings. The van der Waals surface area contributed by atoms with Gasteiger partial charge < -0.3 is 15.3 Å². The van der Waals surface area contributed by atoms with Crippen molar-refractivity contribution in [3.05, 3.63) is 22.4 Å². The Morgan fingerprint density at radius 1 is 1.57 bits per heavy atom. The molecule has 2 amide bonds. The smallest absolute Gasteiger partial charge is 0.252 e. The van der Waals surface area contributed by atoms with Gasteiger partial charge in [-0.25, -0.2) is 0 Å². The number of likely N-dealkylation sites (tertiary alicyclic amines) is 1. The summed E-state index contributed by atoms with van der Waals surface area (Å²) in [7, 11) is 0. The van der Waals surface area contributed by atoms with Crippen molar-refractivity contribution < 1.29 is 14.7 Å². The molecule has 2 unspecified atom stereocenters. The van der Waals surface area contributed by atoms with Crippen molar-refractivity contribution in [2.24, 2.45) is 0 Å². The number of amides is 2. The van der Waals surface area contributed by atoms with Crippen molar-refractivity contribution in [1.82, 2.24) is 10.2 Å². The van der Waals surface area contributed by atoms with E-state index in [-0.39, 0.29) is 24.0 Å². The van der Waals surface area contributed by atoms with Crippen molar-refractivity contribution in [3.8, 4) is 0 Å². The van der Waals surface area contributed by atoms with Gasteiger partial charge in [-0.3, -0.25) is 9.59 Å². The second-order valence-electron chi connectivity index (χ2n) is 5.49. The molecule has 1 saturated heterocycles. The second kappa shape index (κ2) is 7.56. The van der Waals surface area contributed by atoms with Crippen LogP contribution in [0.4, 0.5) is 0 Å². The van der Waals surface area contributed by atoms with E-state index in [9.17, 15) is 14.7 Å². The van der Waals surface area contributed by atoms with E-state index in [1.54, 1.807) is 18.4 Å². The quantitative estimate of drug-likeness (QED) is 0.839. The Labute approximate surface area is 129 Å². The molecule has 2 heterocycles. The maximum Gasteiger partial charge on any atom is 0.252 e. The summed E-state index contributed by atoms with van der Waals surface area (Å²) in [4.78, 5) is 25.8. The van der Waals surface area contributed by atoms with Gasteiger partial charge in [-0.2, -0.15) is 11.3 Å². The molecule has 0 spiro atoms. The highest BCUT2D eigenvalue weighted by Crippen LogP contribution is 2.22. The van der Waals surface area contributed by atoms with E-state index in [4.69, 9.17) is 0 Å². The van der Waals surface area contributed by atoms with Crippen LogP contribution in [-0.4, -0.2) is 47.1 Å². The number of carbonyl (C=O) groups is 2. The summed E-state index contributed by atoms with van der Waals surface area (Å²) < 4.78 is 0. The van der Waals surface area contributed by atoms with Gasteiger partial charge in [0.15, 0.2) is 0 Å². The van der Waals surface area contributed by atoms with Crippen molar-refractivity contribution >= 4 is 23.2 Å². The Morgan fingerprint density at radius 2 is 2.38 bits per heavy atom. The Hall–Kier alpha value is -1.40. The molecule has 0 aliphatic carbocycles. The van der Waals surface area contributed by atoms with Crippen molar-refractivity contribution in [2.75, 3.05) is 13.1 Å². The van der Waals surface area contributed by atoms with Gasteiger partial charge >= 0.3 is 0 Å². The van der Waals surface area contributed by atoms with Gasteiger partial charge in [-0.15, -0.1) is 0 Å². The lowest BCUT2D eigenvalue weighted by atomic mass is 10.1. The standard InChI is InChI=1S/C15H22N2O3S/c1-11(18)9-13-3-2-7-17(13)14(19)4-6-16-15(20)12-5-8-21-10-12/h5,8,10-11,13,18H,2-4,6-7,9H2,1H3,(H,16,20). The summed E-state index contributed by atoms with van der Waals surface area (Å²) in [6.07, 6.45) is 2.50. The Bertz CT molecular complexity index is 473. The predicted molar refractivity (Wildman–Crippen MR) is 82.3 cm³/mol. The topological polar surface area (TPSA) is 69.6 Å². The average Bonchev–Trinajstić information content (AvgIpc) is 3.08. The van der Waals surface area contributed by atoms with Crippen molar-refractivity contribution in [3.63, 3.8) is 0 Å². The fourth-order valence-electron chi connectivity index (χ4n) is 2.73. The van der Waals surface area contributed by atoms with Crippen LogP contribution < -0.4 is 5.32 Å². The third-order valence-electron chi connectivity index (χ3n) is 3.72. The number of rotatable bonds is 6. The predicted octanol–water partition coefficient (Wildman–Crippen LogP) is 1.63. The van der Waals surface area contributed by atoms with Crippen molar-refractivity contribution in [1.29, 1.82) is 0 Å². The van der Waals surface area contributed by atoms with Gasteiger partial charge in [0.2, 0.25) is 5.91 Å². The number of nitrogens with one attached hydrogen (secondary N) is 1. The molecular formula is C15H22N2O3S. The van der Waals surface area contributed by atoms with Gasteiger partial charge in [-0.1, -0.05) is 0 Å². The van der Waals surface area contributed by atoms with Crippen LogP contribution in [0.2, 0.25) is 0 Å². The first-order valence-corrected chi connectivity index (χ1v) is 8.30. The SMILES string of the molecule is CC(O)CC1CCCN1C(=O)CCNC(=O)c1ccsc1. The van der Waals surface area contributed by atoms with Crippen LogP contribution in [0, 0.1) is 0 Å². The fourth-order valence-corrected chi connectivity index (χ4v) is 3.36. The van der Waals surface area contributed by atoms with E-state index in [1.165, 1.54) is 11.3 Å². The molecule has 2 rings (SSSR count). The van der Waals surface area contributed by atoms with Gasteiger partial charge in [0.1, 0.15) is 0 Å². The zero-order valence-electron chi connectivity index (χ0n) is 12.2. The molecule has 21 heavy (non-hydrogen) atoms. The molecule has 0 aromatic carbocycles. The summed E-state index contributed by atoms with van der Waals surface area (Å²) in [5.41, 5.74) is 0.639. The highest BCUT2D eigenvalue weighted by Gasteiger charge is 2.29. The summed E-state index contributed by atoms with van der Waals surface area (Å²) in [6, 6.07) is 1.91. The largest absolute Gasteiger partial charge is 0.393 e. The first-order valence-electron chi connectivity index (χ1n) is 7.36. The first kappa shape index (κ1) is 16.0. The number of hydrogen-bond donors (Lipinski definition) is 2. The molecule has 1 fully saturated rings. The highest BCUT2D eigenvalue weighted by atomic mass is 32.1. The molecule has 1 aliphatic heterocycles. The number of aliphatic hydroxyl groups excluding tert-OH is 1. The summed E-state index contributed by atoms with van der Waals surface area (Å²) in [5.74, 6) is -0.0743. The van der Waals surface area contributed by atoms with Crippen LogP contribution in [0.25, 0.3) is 0 Å². The van der Waals surface area contributed by atoms with E-state index >= 15 is 0 Å². The first-order chi connectivity index (χ1) is 10.1. The summed E-state index contributed by atoms with van der Waals surface area (Å²) >= 11 is 1.47. The maximum absolute atomic E-state index is 12.2. The number of hydrogen-bond acceptors (Lipinski definition) is 4. The molecule has 1 aromatic rings. The monoisotopic (exact) mass is 310 g/mol. The summed E-state index contributed by atoms with van der Waals surface area (Å²) in [6.45, 7) is 2.86. The fraction of sp³-hybridized carbons (Fsp3) is 0.600. The van der Waals surface area contributed by atoms with Gasteiger partial charge in [-0.05, 0) is 37.6 Å². The van der Waals surface area contributed by atoms with E-state index in [1.807, 2.05) is 10.3 Å². The van der Waals surface area contributed by atoms with Gasteiger partial charge in [0.25, 0.3) is 5.91 Å². The zero-order chi connectivity index (χ0) is 15.2. The molecule has 0 bridgehead atoms. The minimum atomic E-state index is -0.387. The molecule has 2 atom stereocenters. The van der Waals surface area contributed by atoms with E-state index < -0.39 is 0 Å². The minimum absolute atomic E-state index is 0.0590. The lowest BCUT2D eigenvalue weighted by Crippen LogP contribution is -2.39. The number of aliphatic hydroxyl groups is 1. The maximum atomic E-state index is 12.2. The third-order valence-corrected chi connectivity index (χ3v) is 4.40. The van der Waals surface area contributed by atoms with Crippen LogP contribution in [0.5, 0.6) is 0 Å². The van der Waals surface area contributed by atoms with E-state index in [0.29, 0.717) is 24.9 Å². The normalized spacial score (nSPS) is 19.5. The Kier molecular flexibility index (Phi) is 5.76. The molecule has 116 valence electrons. The second-order valence-corrected chi connectivity index (χ2v) is 6.27. The lowest BCUT2D eigenvalue weighted by molar-refractivity contribution is -0.132. The minimum Gasteiger partial charge on any atom is -0.393 e. The van der Waals surface area contributed by atoms with Crippen molar-refractivity contribution in [2.45, 2.75) is 44.8 Å². The van der Waals surface area contributed by atoms with Crippen LogP contribution in [0.15, 0.2) is 16.8 Å². The number of carbonyl (C=O) groups excluding carboxylic acids is 2. The van der Waals surface area contributed by atoms with E-state index in [0.717, 1.165) is 19.4 Å². The average molecular weight is 310 g/mol. The molecular weight excluding hydrogens is 288 g/mol. The van der Waals surface area contributed by atoms with E-state index in [2.05, 4.69) is 5.32 Å². The Balaban J connectivity index is 1.75. The molecule has 1 aromatic heterocycles. The van der Waals surface area contributed by atoms with Gasteiger partial charge in [0.05, 0.1) is 6.10 Å². The van der Waals surface area contributed by atoms with Crippen LogP contribution in [0.1, 0.15) is 43.0 Å². The molecule has 0 saturated carbocycles. The third kappa shape index (κ3) is 4.54. The molecule has 2 N–H and O–H groups in total. The number of thiophene rings is 1. The Morgan fingerprint density at radius 3 is 3.05 bits per heavy atom. The van der Waals surface area contributed by atoms with Crippen LogP contribution in [0.3, 0.4) is 0 Å².